The van der Waals surface area contributed by atoms with Gasteiger partial charge in [-0.1, -0.05) is 57.5 Å². The maximum Gasteiger partial charge on any atom is 0.321 e. The van der Waals surface area contributed by atoms with Crippen molar-refractivity contribution in [2.24, 2.45) is 0 Å². The molecule has 0 bridgehead atoms. The number of hydrogen-bond donors (Lipinski definition) is 0. The zero-order chi connectivity index (χ0) is 18.5. The molecule has 0 aliphatic heterocycles. The van der Waals surface area contributed by atoms with E-state index >= 15 is 0 Å². The fourth-order valence-corrected chi connectivity index (χ4v) is 3.57. The van der Waals surface area contributed by atoms with Gasteiger partial charge in [0.05, 0.1) is 18.8 Å². The predicted octanol–water partition coefficient (Wildman–Crippen LogP) is 5.60. The Bertz CT molecular complexity index is 581. The van der Waals surface area contributed by atoms with Gasteiger partial charge in [0, 0.05) is 16.1 Å². The number of halogens is 1. The van der Waals surface area contributed by atoms with Crippen LogP contribution in [0, 0.1) is 0 Å². The molecule has 24 heavy (non-hydrogen) atoms. The van der Waals surface area contributed by atoms with Gasteiger partial charge in [0.15, 0.2) is 0 Å². The second-order valence-electron chi connectivity index (χ2n) is 8.58. The maximum atomic E-state index is 6.31. The highest BCUT2D eigenvalue weighted by atomic mass is 35.5. The van der Waals surface area contributed by atoms with Gasteiger partial charge < -0.3 is 9.47 Å². The van der Waals surface area contributed by atoms with Gasteiger partial charge in [-0.3, -0.25) is 0 Å². The second-order valence-corrected chi connectivity index (χ2v) is 20.2. The Kier molecular flexibility index (Phi) is 7.50. The first-order chi connectivity index (χ1) is 10.9. The first-order valence-corrected chi connectivity index (χ1v) is 16.2. The van der Waals surface area contributed by atoms with E-state index in [1.165, 1.54) is 0 Å². The SMILES string of the molecule is C=C(C)c1c(Cl)nc(OCC[Si](C)(C)C)nc1OCC[Si](C)(C)C. The zero-order valence-corrected chi connectivity index (χ0v) is 18.9. The molecule has 1 aromatic heterocycles. The number of ether oxygens (including phenoxy) is 2. The van der Waals surface area contributed by atoms with Gasteiger partial charge in [0.2, 0.25) is 5.88 Å². The number of rotatable bonds is 9. The Hall–Kier alpha value is -0.856. The summed E-state index contributed by atoms with van der Waals surface area (Å²) in [4.78, 5) is 8.67. The van der Waals surface area contributed by atoms with E-state index in [0.29, 0.717) is 29.8 Å². The van der Waals surface area contributed by atoms with E-state index in [2.05, 4.69) is 55.8 Å². The largest absolute Gasteiger partial charge is 0.477 e. The number of hydrogen-bond acceptors (Lipinski definition) is 4. The number of aromatic nitrogens is 2. The summed E-state index contributed by atoms with van der Waals surface area (Å²) in [6.45, 7) is 20.9. The van der Waals surface area contributed by atoms with Crippen molar-refractivity contribution in [1.82, 2.24) is 9.97 Å². The Balaban J connectivity index is 2.90. The Labute approximate surface area is 153 Å². The quantitative estimate of drug-likeness (QED) is 0.409. The van der Waals surface area contributed by atoms with Crippen LogP contribution in [-0.2, 0) is 0 Å². The van der Waals surface area contributed by atoms with Crippen molar-refractivity contribution >= 4 is 33.3 Å². The summed E-state index contributed by atoms with van der Waals surface area (Å²) < 4.78 is 11.6. The Morgan fingerprint density at radius 1 is 0.958 bits per heavy atom. The molecule has 1 heterocycles. The molecular formula is C17H31ClN2O2Si2. The van der Waals surface area contributed by atoms with Gasteiger partial charge >= 0.3 is 6.01 Å². The summed E-state index contributed by atoms with van der Waals surface area (Å²) in [5.74, 6) is 0.476. The molecule has 4 nitrogen and oxygen atoms in total. The van der Waals surface area contributed by atoms with Crippen LogP contribution in [0.15, 0.2) is 6.58 Å². The van der Waals surface area contributed by atoms with E-state index in [0.717, 1.165) is 17.7 Å². The maximum absolute atomic E-state index is 6.31. The molecule has 0 aliphatic rings. The van der Waals surface area contributed by atoms with Gasteiger partial charge in [-0.25, -0.2) is 0 Å². The summed E-state index contributed by atoms with van der Waals surface area (Å²) in [6.07, 6.45) is 0. The lowest BCUT2D eigenvalue weighted by Crippen LogP contribution is -2.23. The van der Waals surface area contributed by atoms with Crippen LogP contribution < -0.4 is 9.47 Å². The molecule has 0 saturated carbocycles. The van der Waals surface area contributed by atoms with Gasteiger partial charge in [-0.15, -0.1) is 0 Å². The molecule has 0 spiro atoms. The highest BCUT2D eigenvalue weighted by Gasteiger charge is 2.19. The molecule has 136 valence electrons. The third kappa shape index (κ3) is 7.81. The number of nitrogens with zero attached hydrogens (tertiary/aromatic N) is 2. The minimum absolute atomic E-state index is 0.284. The molecule has 1 aromatic rings. The predicted molar refractivity (Wildman–Crippen MR) is 109 cm³/mol. The average Bonchev–Trinajstić information content (AvgIpc) is 2.34. The average molecular weight is 387 g/mol. The molecular weight excluding hydrogens is 356 g/mol. The monoisotopic (exact) mass is 386 g/mol. The van der Waals surface area contributed by atoms with E-state index in [1.807, 2.05) is 6.92 Å². The summed E-state index contributed by atoms with van der Waals surface area (Å²) in [5, 5.41) is 0.337. The summed E-state index contributed by atoms with van der Waals surface area (Å²) in [7, 11) is -2.34. The molecule has 0 aliphatic carbocycles. The third-order valence-corrected chi connectivity index (χ3v) is 7.09. The van der Waals surface area contributed by atoms with Crippen molar-refractivity contribution in [3.05, 3.63) is 17.3 Å². The van der Waals surface area contributed by atoms with Gasteiger partial charge in [-0.2, -0.15) is 9.97 Å². The molecule has 0 aromatic carbocycles. The van der Waals surface area contributed by atoms with E-state index in [-0.39, 0.29) is 6.01 Å². The Morgan fingerprint density at radius 3 is 1.92 bits per heavy atom. The summed E-state index contributed by atoms with van der Waals surface area (Å²) in [6, 6.07) is 2.38. The fourth-order valence-electron chi connectivity index (χ4n) is 1.83. The van der Waals surface area contributed by atoms with Crippen molar-refractivity contribution in [2.75, 3.05) is 13.2 Å². The van der Waals surface area contributed by atoms with Crippen LogP contribution in [-0.4, -0.2) is 39.3 Å². The molecule has 0 amide bonds. The number of allylic oxidation sites excluding steroid dienone is 1. The minimum Gasteiger partial charge on any atom is -0.477 e. The highest BCUT2D eigenvalue weighted by Crippen LogP contribution is 2.31. The summed E-state index contributed by atoms with van der Waals surface area (Å²) in [5.41, 5.74) is 1.46. The van der Waals surface area contributed by atoms with Crippen molar-refractivity contribution in [3.8, 4) is 11.9 Å². The van der Waals surface area contributed by atoms with Crippen LogP contribution in [0.1, 0.15) is 12.5 Å². The first-order valence-electron chi connectivity index (χ1n) is 8.38. The van der Waals surface area contributed by atoms with Gasteiger partial charge in [0.1, 0.15) is 5.15 Å². The van der Waals surface area contributed by atoms with Crippen LogP contribution in [0.3, 0.4) is 0 Å². The molecule has 7 heteroatoms. The van der Waals surface area contributed by atoms with Crippen molar-refractivity contribution < 1.29 is 9.47 Å². The molecule has 1 rings (SSSR count). The van der Waals surface area contributed by atoms with E-state index in [9.17, 15) is 0 Å². The van der Waals surface area contributed by atoms with Crippen LogP contribution >= 0.6 is 11.6 Å². The molecule has 0 atom stereocenters. The molecule has 0 saturated heterocycles. The lowest BCUT2D eigenvalue weighted by Gasteiger charge is -2.18. The lowest BCUT2D eigenvalue weighted by atomic mass is 10.2. The molecule has 0 unspecified atom stereocenters. The normalized spacial score (nSPS) is 12.2. The van der Waals surface area contributed by atoms with E-state index in [4.69, 9.17) is 21.1 Å². The van der Waals surface area contributed by atoms with Crippen LogP contribution in [0.4, 0.5) is 0 Å². The van der Waals surface area contributed by atoms with E-state index < -0.39 is 16.1 Å². The topological polar surface area (TPSA) is 44.2 Å². The van der Waals surface area contributed by atoms with Crippen molar-refractivity contribution in [1.29, 1.82) is 0 Å². The fraction of sp³-hybridized carbons (Fsp3) is 0.647. The smallest absolute Gasteiger partial charge is 0.321 e. The van der Waals surface area contributed by atoms with Crippen LogP contribution in [0.5, 0.6) is 11.9 Å². The lowest BCUT2D eigenvalue weighted by molar-refractivity contribution is 0.287. The van der Waals surface area contributed by atoms with Gasteiger partial charge in [-0.05, 0) is 24.6 Å². The van der Waals surface area contributed by atoms with Crippen LogP contribution in [0.25, 0.3) is 5.57 Å². The first kappa shape index (κ1) is 21.2. The summed E-state index contributed by atoms with van der Waals surface area (Å²) >= 11 is 6.31. The van der Waals surface area contributed by atoms with Crippen molar-refractivity contribution in [2.45, 2.75) is 58.3 Å². The molecule has 0 radical (unpaired) electrons. The van der Waals surface area contributed by atoms with Gasteiger partial charge in [0.25, 0.3) is 0 Å². The van der Waals surface area contributed by atoms with Crippen molar-refractivity contribution in [3.63, 3.8) is 0 Å². The standard InChI is InChI=1S/C17H31ClN2O2Si2/c1-13(2)14-15(18)19-17(22-10-12-24(6,7)8)20-16(14)21-9-11-23(3,4)5/h1,9-12H2,2-8H3. The van der Waals surface area contributed by atoms with E-state index in [1.54, 1.807) is 0 Å². The second kappa shape index (κ2) is 8.49. The molecule has 0 N–H and O–H groups in total. The minimum atomic E-state index is -1.18. The zero-order valence-electron chi connectivity index (χ0n) is 16.1. The molecule has 0 fully saturated rings. The third-order valence-electron chi connectivity index (χ3n) is 3.41. The van der Waals surface area contributed by atoms with Crippen LogP contribution in [0.2, 0.25) is 56.5 Å². The highest BCUT2D eigenvalue weighted by molar-refractivity contribution is 6.76. The Morgan fingerprint density at radius 2 is 1.46 bits per heavy atom.